The number of para-hydroxylation sites is 1. The first kappa shape index (κ1) is 23.9. The van der Waals surface area contributed by atoms with Crippen molar-refractivity contribution >= 4 is 23.0 Å². The Hall–Kier alpha value is -2.41. The van der Waals surface area contributed by atoms with E-state index >= 15 is 0 Å². The van der Waals surface area contributed by atoms with E-state index in [1.807, 2.05) is 61.6 Å². The molecule has 0 saturated carbocycles. The van der Waals surface area contributed by atoms with Gasteiger partial charge in [0.2, 0.25) is 0 Å². The van der Waals surface area contributed by atoms with Gasteiger partial charge in [0, 0.05) is 11.9 Å². The molecule has 0 aliphatic carbocycles. The van der Waals surface area contributed by atoms with Gasteiger partial charge in [-0.2, -0.15) is 0 Å². The highest BCUT2D eigenvalue weighted by molar-refractivity contribution is 5.95. The van der Waals surface area contributed by atoms with Gasteiger partial charge in [0.25, 0.3) is 0 Å². The lowest BCUT2D eigenvalue weighted by molar-refractivity contribution is 0.243. The van der Waals surface area contributed by atoms with Gasteiger partial charge in [0.05, 0.1) is 11.2 Å². The fourth-order valence-corrected chi connectivity index (χ4v) is 3.26. The van der Waals surface area contributed by atoms with Crippen molar-refractivity contribution in [1.29, 1.82) is 0 Å². The van der Waals surface area contributed by atoms with E-state index in [0.29, 0.717) is 6.54 Å². The predicted octanol–water partition coefficient (Wildman–Crippen LogP) is 3.49. The zero-order chi connectivity index (χ0) is 21.4. The van der Waals surface area contributed by atoms with Crippen LogP contribution in [-0.4, -0.2) is 49.9 Å². The molecule has 0 aliphatic rings. The summed E-state index contributed by atoms with van der Waals surface area (Å²) in [6.45, 7) is 7.34. The highest BCUT2D eigenvalue weighted by Crippen LogP contribution is 2.20. The van der Waals surface area contributed by atoms with Crippen molar-refractivity contribution in [3.05, 3.63) is 54.3 Å². The molecule has 0 unspecified atom stereocenters. The number of unbranched alkanes of at least 4 members (excludes halogenated alkanes) is 1. The number of amides is 1. The molecule has 2 aromatic rings. The van der Waals surface area contributed by atoms with Crippen molar-refractivity contribution in [2.24, 2.45) is 5.73 Å². The van der Waals surface area contributed by atoms with Crippen molar-refractivity contribution in [2.45, 2.75) is 32.6 Å². The Morgan fingerprint density at radius 2 is 1.67 bits per heavy atom. The third kappa shape index (κ3) is 8.14. The number of nitrogens with one attached hydrogen (secondary N) is 3. The third-order valence-electron chi connectivity index (χ3n) is 4.83. The second-order valence-corrected chi connectivity index (χ2v) is 7.28. The Bertz CT molecular complexity index is 809. The monoisotopic (exact) mass is 411 g/mol. The molecule has 1 heterocycles. The number of aromatic nitrogens is 1. The van der Waals surface area contributed by atoms with Gasteiger partial charge in [-0.15, -0.1) is 0 Å². The van der Waals surface area contributed by atoms with Crippen LogP contribution >= 0.6 is 0 Å². The number of carbonyl (C=O) groups excluding carboxylic acids is 1. The molecule has 2 rings (SSSR count). The lowest BCUT2D eigenvalue weighted by Crippen LogP contribution is -2.31. The maximum atomic E-state index is 12.8. The van der Waals surface area contributed by atoms with Gasteiger partial charge < -0.3 is 21.7 Å². The average Bonchev–Trinajstić information content (AvgIpc) is 3.13. The number of allylic oxidation sites excluding steroid dienone is 3. The summed E-state index contributed by atoms with van der Waals surface area (Å²) in [4.78, 5) is 12.8. The Labute approximate surface area is 180 Å². The van der Waals surface area contributed by atoms with E-state index in [2.05, 4.69) is 16.0 Å². The Morgan fingerprint density at radius 1 is 0.967 bits per heavy atom. The van der Waals surface area contributed by atoms with Crippen LogP contribution in [-0.2, 0) is 0 Å². The van der Waals surface area contributed by atoms with Crippen molar-refractivity contribution < 1.29 is 4.79 Å². The number of nitrogens with zero attached hydrogens (tertiary/aromatic N) is 1. The first-order valence-corrected chi connectivity index (χ1v) is 11.1. The van der Waals surface area contributed by atoms with Gasteiger partial charge in [-0.1, -0.05) is 36.4 Å². The van der Waals surface area contributed by atoms with E-state index in [4.69, 9.17) is 5.73 Å². The normalized spacial score (nSPS) is 11.8. The molecule has 0 aliphatic heterocycles. The molecule has 0 fully saturated rings. The van der Waals surface area contributed by atoms with E-state index < -0.39 is 0 Å². The molecule has 0 saturated heterocycles. The van der Waals surface area contributed by atoms with Gasteiger partial charge in [0.15, 0.2) is 0 Å². The first-order valence-electron chi connectivity index (χ1n) is 11.1. The van der Waals surface area contributed by atoms with E-state index in [-0.39, 0.29) is 6.03 Å². The molecular weight excluding hydrogens is 374 g/mol. The van der Waals surface area contributed by atoms with Gasteiger partial charge in [-0.05, 0) is 83.5 Å². The van der Waals surface area contributed by atoms with Crippen LogP contribution in [0.15, 0.2) is 48.6 Å². The van der Waals surface area contributed by atoms with Crippen LogP contribution in [0.2, 0.25) is 0 Å². The molecule has 0 radical (unpaired) electrons. The van der Waals surface area contributed by atoms with Gasteiger partial charge in [-0.25, -0.2) is 4.79 Å². The van der Waals surface area contributed by atoms with Crippen molar-refractivity contribution in [2.75, 3.05) is 39.3 Å². The second kappa shape index (κ2) is 14.6. The average molecular weight is 412 g/mol. The standard InChI is InChI=1S/C24H37N5O/c1-2-3-4-12-22-20-21-11-5-6-13-23(21)29(22)24(30)28-19-10-18-27-16-8-7-15-26-17-9-14-25/h2-6,11-13,20,26-27H,7-10,14-19,25H2,1H3,(H,28,30)/b3-2-,12-4-. The maximum Gasteiger partial charge on any atom is 0.326 e. The lowest BCUT2D eigenvalue weighted by Gasteiger charge is -2.10. The minimum atomic E-state index is -0.0834. The third-order valence-corrected chi connectivity index (χ3v) is 4.83. The Kier molecular flexibility index (Phi) is 11.6. The zero-order valence-corrected chi connectivity index (χ0v) is 18.2. The molecule has 164 valence electrons. The molecule has 1 amide bonds. The molecule has 1 aromatic heterocycles. The maximum absolute atomic E-state index is 12.8. The minimum Gasteiger partial charge on any atom is -0.337 e. The van der Waals surface area contributed by atoms with Crippen LogP contribution < -0.4 is 21.7 Å². The van der Waals surface area contributed by atoms with Crippen LogP contribution in [0.25, 0.3) is 17.0 Å². The number of carbonyl (C=O) groups is 1. The topological polar surface area (TPSA) is 84.1 Å². The smallest absolute Gasteiger partial charge is 0.326 e. The Balaban J connectivity index is 1.71. The molecule has 0 bridgehead atoms. The largest absolute Gasteiger partial charge is 0.337 e. The van der Waals surface area contributed by atoms with Crippen molar-refractivity contribution in [3.63, 3.8) is 0 Å². The highest BCUT2D eigenvalue weighted by atomic mass is 16.2. The molecule has 1 aromatic carbocycles. The number of rotatable bonds is 14. The summed E-state index contributed by atoms with van der Waals surface area (Å²) in [7, 11) is 0. The zero-order valence-electron chi connectivity index (χ0n) is 18.2. The molecule has 0 atom stereocenters. The molecule has 6 nitrogen and oxygen atoms in total. The number of hydrogen-bond acceptors (Lipinski definition) is 4. The SMILES string of the molecule is C/C=C\C=C/c1cc2ccccc2n1C(=O)NCCCNCCCCNCCCN. The van der Waals surface area contributed by atoms with E-state index in [1.165, 1.54) is 6.42 Å². The molecule has 6 heteroatoms. The lowest BCUT2D eigenvalue weighted by atomic mass is 10.2. The molecule has 30 heavy (non-hydrogen) atoms. The van der Waals surface area contributed by atoms with Gasteiger partial charge >= 0.3 is 6.03 Å². The van der Waals surface area contributed by atoms with E-state index in [0.717, 1.165) is 68.6 Å². The minimum absolute atomic E-state index is 0.0834. The number of hydrogen-bond donors (Lipinski definition) is 4. The summed E-state index contributed by atoms with van der Waals surface area (Å²) in [6.07, 6.45) is 12.1. The van der Waals surface area contributed by atoms with E-state index in [1.54, 1.807) is 4.57 Å². The molecular formula is C24H37N5O. The quantitative estimate of drug-likeness (QED) is 0.283. The van der Waals surface area contributed by atoms with Crippen molar-refractivity contribution in [3.8, 4) is 0 Å². The van der Waals surface area contributed by atoms with Gasteiger partial charge in [0.1, 0.15) is 0 Å². The van der Waals surface area contributed by atoms with Gasteiger partial charge in [-0.3, -0.25) is 4.57 Å². The fraction of sp³-hybridized carbons (Fsp3) is 0.458. The van der Waals surface area contributed by atoms with Crippen LogP contribution in [0, 0.1) is 0 Å². The molecule has 0 spiro atoms. The van der Waals surface area contributed by atoms with Crippen LogP contribution in [0.3, 0.4) is 0 Å². The molecule has 5 N–H and O–H groups in total. The summed E-state index contributed by atoms with van der Waals surface area (Å²) in [5.74, 6) is 0. The second-order valence-electron chi connectivity index (χ2n) is 7.28. The van der Waals surface area contributed by atoms with Crippen LogP contribution in [0.4, 0.5) is 4.79 Å². The number of fused-ring (bicyclic) bond motifs is 1. The summed E-state index contributed by atoms with van der Waals surface area (Å²) in [6, 6.07) is 9.93. The van der Waals surface area contributed by atoms with E-state index in [9.17, 15) is 4.79 Å². The Morgan fingerprint density at radius 3 is 2.40 bits per heavy atom. The predicted molar refractivity (Wildman–Crippen MR) is 128 cm³/mol. The first-order chi connectivity index (χ1) is 14.8. The van der Waals surface area contributed by atoms with Crippen LogP contribution in [0.1, 0.15) is 38.3 Å². The van der Waals surface area contributed by atoms with Crippen molar-refractivity contribution in [1.82, 2.24) is 20.5 Å². The fourth-order valence-electron chi connectivity index (χ4n) is 3.26. The summed E-state index contributed by atoms with van der Waals surface area (Å²) in [5, 5.41) is 10.9. The highest BCUT2D eigenvalue weighted by Gasteiger charge is 2.12. The number of benzene rings is 1. The van der Waals surface area contributed by atoms with Crippen LogP contribution in [0.5, 0.6) is 0 Å². The summed E-state index contributed by atoms with van der Waals surface area (Å²) < 4.78 is 1.75. The summed E-state index contributed by atoms with van der Waals surface area (Å²) >= 11 is 0. The summed E-state index contributed by atoms with van der Waals surface area (Å²) in [5.41, 5.74) is 7.27. The number of nitrogens with two attached hydrogens (primary N) is 1.